The number of alkyl halides is 3. The number of hydrogen-bond acceptors (Lipinski definition) is 5. The maximum absolute atomic E-state index is 13.4. The molecule has 1 aliphatic heterocycles. The Morgan fingerprint density at radius 1 is 1.23 bits per heavy atom. The first-order chi connectivity index (χ1) is 14.1. The van der Waals surface area contributed by atoms with Gasteiger partial charge in [-0.05, 0) is 31.5 Å². The number of nitrogens with zero attached hydrogens (tertiary/aromatic N) is 4. The van der Waals surface area contributed by atoms with Crippen molar-refractivity contribution in [3.63, 3.8) is 0 Å². The van der Waals surface area contributed by atoms with Gasteiger partial charge in [0.05, 0.1) is 30.2 Å². The van der Waals surface area contributed by atoms with Crippen molar-refractivity contribution >= 4 is 5.69 Å². The molecule has 0 aliphatic carbocycles. The molecule has 0 bridgehead atoms. The second-order valence-corrected chi connectivity index (χ2v) is 7.54. The molecule has 1 aromatic carbocycles. The number of rotatable bonds is 5. The highest BCUT2D eigenvalue weighted by Gasteiger charge is 2.55. The number of anilines is 1. The Balaban J connectivity index is 1.61. The minimum absolute atomic E-state index is 0.309. The van der Waals surface area contributed by atoms with E-state index < -0.39 is 17.6 Å². The van der Waals surface area contributed by atoms with Crippen LogP contribution in [0.2, 0.25) is 0 Å². The topological polar surface area (TPSA) is 77.1 Å². The van der Waals surface area contributed by atoms with Gasteiger partial charge in [0, 0.05) is 18.8 Å². The van der Waals surface area contributed by atoms with E-state index >= 15 is 0 Å². The molecule has 10 heteroatoms. The number of fused-ring (bicyclic) bond motifs is 3. The smallest absolute Gasteiger partial charge is 0.424 e. The van der Waals surface area contributed by atoms with Crippen LogP contribution in [0.15, 0.2) is 36.5 Å². The van der Waals surface area contributed by atoms with Crippen LogP contribution in [0.3, 0.4) is 0 Å². The quantitative estimate of drug-likeness (QED) is 0.657. The molecule has 0 radical (unpaired) electrons. The number of hydrogen-bond donors (Lipinski definition) is 2. The summed E-state index contributed by atoms with van der Waals surface area (Å²) in [7, 11) is 1.84. The Hall–Kier alpha value is -3.01. The third-order valence-corrected chi connectivity index (χ3v) is 5.31. The molecule has 1 aliphatic rings. The Morgan fingerprint density at radius 3 is 2.57 bits per heavy atom. The van der Waals surface area contributed by atoms with Gasteiger partial charge in [-0.1, -0.05) is 12.1 Å². The summed E-state index contributed by atoms with van der Waals surface area (Å²) >= 11 is 0. The monoisotopic (exact) mass is 421 g/mol. The number of ether oxygens (including phenoxy) is 1. The lowest BCUT2D eigenvalue weighted by Crippen LogP contribution is -2.42. The van der Waals surface area contributed by atoms with Crippen LogP contribution in [0.4, 0.5) is 18.9 Å². The predicted octanol–water partition coefficient (Wildman–Crippen LogP) is 3.71. The lowest BCUT2D eigenvalue weighted by molar-refractivity contribution is -0.262. The van der Waals surface area contributed by atoms with E-state index in [9.17, 15) is 18.3 Å². The molecule has 2 aromatic heterocycles. The van der Waals surface area contributed by atoms with E-state index in [1.54, 1.807) is 17.7 Å². The lowest BCUT2D eigenvalue weighted by Gasteiger charge is -2.31. The van der Waals surface area contributed by atoms with Crippen LogP contribution < -0.4 is 10.1 Å². The third-order valence-electron chi connectivity index (χ3n) is 5.31. The van der Waals surface area contributed by atoms with Crippen LogP contribution >= 0.6 is 0 Å². The highest BCUT2D eigenvalue weighted by Crippen LogP contribution is 2.42. The first-order valence-electron chi connectivity index (χ1n) is 9.46. The molecule has 0 saturated heterocycles. The molecule has 7 nitrogen and oxygen atoms in total. The van der Waals surface area contributed by atoms with E-state index in [0.29, 0.717) is 30.4 Å². The lowest BCUT2D eigenvalue weighted by atomic mass is 10.0. The zero-order valence-corrected chi connectivity index (χ0v) is 16.7. The maximum atomic E-state index is 13.4. The first-order valence-corrected chi connectivity index (χ1v) is 9.46. The van der Waals surface area contributed by atoms with E-state index in [4.69, 9.17) is 4.74 Å². The summed E-state index contributed by atoms with van der Waals surface area (Å²) in [5.74, 6) is -0.0642. The molecule has 3 heterocycles. The summed E-state index contributed by atoms with van der Waals surface area (Å²) in [6, 6.07) is 9.04. The van der Waals surface area contributed by atoms with Gasteiger partial charge in [-0.25, -0.2) is 4.98 Å². The predicted molar refractivity (Wildman–Crippen MR) is 104 cm³/mol. The van der Waals surface area contributed by atoms with Crippen molar-refractivity contribution < 1.29 is 23.0 Å². The summed E-state index contributed by atoms with van der Waals surface area (Å²) in [5, 5.41) is 17.6. The highest BCUT2D eigenvalue weighted by molar-refractivity contribution is 5.58. The summed E-state index contributed by atoms with van der Waals surface area (Å²) in [6.45, 7) is 3.12. The van der Waals surface area contributed by atoms with Crippen LogP contribution in [0, 0.1) is 0 Å². The molecule has 3 aromatic rings. The zero-order chi connectivity index (χ0) is 21.7. The fourth-order valence-electron chi connectivity index (χ4n) is 3.55. The van der Waals surface area contributed by atoms with Crippen LogP contribution in [0.25, 0.3) is 11.4 Å². The average molecular weight is 421 g/mol. The fraction of sp³-hybridized carbons (Fsp3) is 0.400. The number of imidazole rings is 1. The van der Waals surface area contributed by atoms with Crippen LogP contribution in [-0.4, -0.2) is 37.7 Å². The van der Waals surface area contributed by atoms with Crippen molar-refractivity contribution in [2.75, 3.05) is 12.4 Å². The van der Waals surface area contributed by atoms with E-state index in [1.807, 2.05) is 31.3 Å². The first kappa shape index (κ1) is 20.3. The number of nitrogens with one attached hydrogen (secondary N) is 1. The highest BCUT2D eigenvalue weighted by atomic mass is 19.4. The van der Waals surface area contributed by atoms with Gasteiger partial charge in [-0.3, -0.25) is 4.68 Å². The van der Waals surface area contributed by atoms with Gasteiger partial charge in [-0.15, -0.1) is 5.10 Å². The molecular formula is C20H22F3N5O2. The molecular weight excluding hydrogens is 399 g/mol. The zero-order valence-electron chi connectivity index (χ0n) is 16.7. The minimum Gasteiger partial charge on any atom is -0.472 e. The van der Waals surface area contributed by atoms with Gasteiger partial charge in [0.1, 0.15) is 6.61 Å². The van der Waals surface area contributed by atoms with E-state index in [-0.39, 0.29) is 6.04 Å². The standard InChI is InChI=1S/C20H22F3N5O2/c1-12-10-27-15(16-9-25-18(28(12)16)19(2,29)20(21,22)23)8-17(26-27)30-11-13-4-6-14(24-3)7-5-13/h4-9,12,24,29H,10-11H2,1-3H3/t12-,19?/m0/s1. The molecule has 160 valence electrons. The van der Waals surface area contributed by atoms with E-state index in [2.05, 4.69) is 15.4 Å². The van der Waals surface area contributed by atoms with Gasteiger partial charge >= 0.3 is 6.18 Å². The molecule has 0 spiro atoms. The van der Waals surface area contributed by atoms with Crippen LogP contribution in [0.5, 0.6) is 5.88 Å². The Kier molecular flexibility index (Phi) is 4.76. The van der Waals surface area contributed by atoms with Gasteiger partial charge < -0.3 is 19.7 Å². The molecule has 2 N–H and O–H groups in total. The fourth-order valence-corrected chi connectivity index (χ4v) is 3.55. The van der Waals surface area contributed by atoms with E-state index in [1.165, 1.54) is 10.8 Å². The molecule has 0 saturated carbocycles. The van der Waals surface area contributed by atoms with Crippen molar-refractivity contribution in [2.45, 2.75) is 44.8 Å². The SMILES string of the molecule is CNc1ccc(COc2cc3n(n2)C[C@H](C)n2c-3cnc2C(C)(O)C(F)(F)F)cc1. The van der Waals surface area contributed by atoms with Crippen LogP contribution in [-0.2, 0) is 18.8 Å². The Morgan fingerprint density at radius 2 is 1.93 bits per heavy atom. The molecule has 1 unspecified atom stereocenters. The second kappa shape index (κ2) is 7.05. The van der Waals surface area contributed by atoms with E-state index in [0.717, 1.165) is 18.2 Å². The second-order valence-electron chi connectivity index (χ2n) is 7.54. The molecule has 4 rings (SSSR count). The minimum atomic E-state index is -4.84. The average Bonchev–Trinajstić information content (AvgIpc) is 3.30. The van der Waals surface area contributed by atoms with Gasteiger partial charge in [0.15, 0.2) is 5.82 Å². The molecule has 30 heavy (non-hydrogen) atoms. The summed E-state index contributed by atoms with van der Waals surface area (Å²) in [5.41, 5.74) is -0.0641. The molecule has 2 atom stereocenters. The summed E-state index contributed by atoms with van der Waals surface area (Å²) in [4.78, 5) is 3.91. The normalized spacial score (nSPS) is 17.8. The molecule has 0 amide bonds. The maximum Gasteiger partial charge on any atom is 0.424 e. The number of aromatic nitrogens is 4. The number of halogens is 3. The van der Waals surface area contributed by atoms with Crippen molar-refractivity contribution in [1.82, 2.24) is 19.3 Å². The van der Waals surface area contributed by atoms with Crippen molar-refractivity contribution in [1.29, 1.82) is 0 Å². The van der Waals surface area contributed by atoms with Crippen molar-refractivity contribution in [3.8, 4) is 17.3 Å². The van der Waals surface area contributed by atoms with Gasteiger partial charge in [-0.2, -0.15) is 13.2 Å². The van der Waals surface area contributed by atoms with Crippen molar-refractivity contribution in [2.24, 2.45) is 0 Å². The summed E-state index contributed by atoms with van der Waals surface area (Å²) < 4.78 is 49.0. The van der Waals surface area contributed by atoms with Crippen LogP contribution in [0.1, 0.15) is 31.3 Å². The summed E-state index contributed by atoms with van der Waals surface area (Å²) in [6.07, 6.45) is -3.51. The molecule has 0 fully saturated rings. The number of aliphatic hydroxyl groups is 1. The van der Waals surface area contributed by atoms with Gasteiger partial charge in [0.2, 0.25) is 11.5 Å². The Labute approximate surface area is 171 Å². The van der Waals surface area contributed by atoms with Gasteiger partial charge in [0.25, 0.3) is 0 Å². The largest absolute Gasteiger partial charge is 0.472 e. The number of benzene rings is 1. The van der Waals surface area contributed by atoms with Crippen molar-refractivity contribution in [3.05, 3.63) is 47.9 Å². The third kappa shape index (κ3) is 3.30. The Bertz CT molecular complexity index is 1050.